The SMILES string of the molecule is O=C(CN1CCOC1=O)NCCc1nc2ccccc2o1. The molecule has 0 radical (unpaired) electrons. The summed E-state index contributed by atoms with van der Waals surface area (Å²) in [6, 6.07) is 7.50. The van der Waals surface area contributed by atoms with Gasteiger partial charge in [0.05, 0.1) is 6.54 Å². The summed E-state index contributed by atoms with van der Waals surface area (Å²) in [6.45, 7) is 1.23. The summed E-state index contributed by atoms with van der Waals surface area (Å²) in [5.41, 5.74) is 1.54. The average Bonchev–Trinajstić information content (AvgIpc) is 3.05. The van der Waals surface area contributed by atoms with Gasteiger partial charge in [0.25, 0.3) is 0 Å². The topological polar surface area (TPSA) is 84.7 Å². The minimum absolute atomic E-state index is 0.0202. The third kappa shape index (κ3) is 3.13. The van der Waals surface area contributed by atoms with Crippen molar-refractivity contribution in [3.63, 3.8) is 0 Å². The van der Waals surface area contributed by atoms with Crippen molar-refractivity contribution < 1.29 is 18.7 Å². The van der Waals surface area contributed by atoms with E-state index in [9.17, 15) is 9.59 Å². The number of carbonyl (C=O) groups excluding carboxylic acids is 2. The summed E-state index contributed by atoms with van der Waals surface area (Å²) in [7, 11) is 0. The Morgan fingerprint density at radius 1 is 1.38 bits per heavy atom. The van der Waals surface area contributed by atoms with Crippen molar-refractivity contribution in [3.05, 3.63) is 30.2 Å². The Hall–Kier alpha value is -2.57. The van der Waals surface area contributed by atoms with Crippen LogP contribution in [0.15, 0.2) is 28.7 Å². The van der Waals surface area contributed by atoms with Gasteiger partial charge in [0.2, 0.25) is 5.91 Å². The number of hydrogen-bond acceptors (Lipinski definition) is 5. The number of nitrogens with one attached hydrogen (secondary N) is 1. The average molecular weight is 289 g/mol. The zero-order chi connectivity index (χ0) is 14.7. The Morgan fingerprint density at radius 2 is 2.24 bits per heavy atom. The molecule has 2 heterocycles. The van der Waals surface area contributed by atoms with Crippen molar-refractivity contribution in [2.75, 3.05) is 26.2 Å². The lowest BCUT2D eigenvalue weighted by atomic mass is 10.3. The van der Waals surface area contributed by atoms with Crippen LogP contribution in [0.5, 0.6) is 0 Å². The summed E-state index contributed by atoms with van der Waals surface area (Å²) in [5.74, 6) is 0.363. The molecule has 1 aromatic carbocycles. The first-order chi connectivity index (χ1) is 10.2. The van der Waals surface area contributed by atoms with E-state index in [1.54, 1.807) is 0 Å². The fraction of sp³-hybridized carbons (Fsp3) is 0.357. The van der Waals surface area contributed by atoms with Gasteiger partial charge >= 0.3 is 6.09 Å². The summed E-state index contributed by atoms with van der Waals surface area (Å²) >= 11 is 0. The van der Waals surface area contributed by atoms with Gasteiger partial charge in [-0.3, -0.25) is 9.69 Å². The number of cyclic esters (lactones) is 1. The number of hydrogen-bond donors (Lipinski definition) is 1. The predicted molar refractivity (Wildman–Crippen MR) is 73.6 cm³/mol. The molecule has 0 aliphatic carbocycles. The zero-order valence-corrected chi connectivity index (χ0v) is 11.4. The predicted octanol–water partition coefficient (Wildman–Crippen LogP) is 0.939. The number of aromatic nitrogens is 1. The maximum atomic E-state index is 11.7. The molecule has 1 N–H and O–H groups in total. The largest absolute Gasteiger partial charge is 0.448 e. The molecule has 0 atom stereocenters. The van der Waals surface area contributed by atoms with Gasteiger partial charge in [-0.1, -0.05) is 12.1 Å². The van der Waals surface area contributed by atoms with E-state index < -0.39 is 6.09 Å². The van der Waals surface area contributed by atoms with Crippen LogP contribution in [0.3, 0.4) is 0 Å². The molecule has 0 spiro atoms. The molecule has 0 unspecified atom stereocenters. The van der Waals surface area contributed by atoms with Crippen LogP contribution in [-0.2, 0) is 16.0 Å². The number of rotatable bonds is 5. The van der Waals surface area contributed by atoms with Crippen molar-refractivity contribution in [3.8, 4) is 0 Å². The molecule has 1 aliphatic heterocycles. The third-order valence-electron chi connectivity index (χ3n) is 3.18. The Balaban J connectivity index is 1.47. The summed E-state index contributed by atoms with van der Waals surface area (Å²) < 4.78 is 10.3. The van der Waals surface area contributed by atoms with Gasteiger partial charge in [-0.25, -0.2) is 9.78 Å². The van der Waals surface area contributed by atoms with E-state index in [1.807, 2.05) is 24.3 Å². The smallest absolute Gasteiger partial charge is 0.410 e. The highest BCUT2D eigenvalue weighted by atomic mass is 16.6. The molecule has 2 amide bonds. The summed E-state index contributed by atoms with van der Waals surface area (Å²) in [4.78, 5) is 28.6. The van der Waals surface area contributed by atoms with E-state index in [0.717, 1.165) is 11.1 Å². The molecule has 1 saturated heterocycles. The Morgan fingerprint density at radius 3 is 3.00 bits per heavy atom. The molecule has 21 heavy (non-hydrogen) atoms. The van der Waals surface area contributed by atoms with Crippen LogP contribution in [-0.4, -0.2) is 48.1 Å². The molecule has 7 heteroatoms. The highest BCUT2D eigenvalue weighted by molar-refractivity contribution is 5.82. The van der Waals surface area contributed by atoms with Gasteiger partial charge < -0.3 is 14.5 Å². The monoisotopic (exact) mass is 289 g/mol. The van der Waals surface area contributed by atoms with Crippen LogP contribution < -0.4 is 5.32 Å². The Labute approximate surface area is 120 Å². The van der Waals surface area contributed by atoms with Crippen LogP contribution in [0, 0.1) is 0 Å². The number of fused-ring (bicyclic) bond motifs is 1. The summed E-state index contributed by atoms with van der Waals surface area (Å²) in [6.07, 6.45) is 0.0642. The van der Waals surface area contributed by atoms with Crippen molar-refractivity contribution in [2.45, 2.75) is 6.42 Å². The van der Waals surface area contributed by atoms with Crippen molar-refractivity contribution in [1.29, 1.82) is 0 Å². The molecular formula is C14H15N3O4. The highest BCUT2D eigenvalue weighted by Gasteiger charge is 2.23. The van der Waals surface area contributed by atoms with E-state index in [1.165, 1.54) is 4.90 Å². The molecule has 7 nitrogen and oxygen atoms in total. The minimum atomic E-state index is -0.441. The normalized spacial score (nSPS) is 14.5. The molecule has 1 fully saturated rings. The van der Waals surface area contributed by atoms with Crippen molar-refractivity contribution in [2.24, 2.45) is 0 Å². The molecule has 3 rings (SSSR count). The van der Waals surface area contributed by atoms with Crippen LogP contribution in [0.4, 0.5) is 4.79 Å². The maximum Gasteiger partial charge on any atom is 0.410 e. The number of nitrogens with zero attached hydrogens (tertiary/aromatic N) is 2. The third-order valence-corrected chi connectivity index (χ3v) is 3.18. The minimum Gasteiger partial charge on any atom is -0.448 e. The van der Waals surface area contributed by atoms with Crippen LogP contribution >= 0.6 is 0 Å². The van der Waals surface area contributed by atoms with E-state index in [0.29, 0.717) is 32.0 Å². The van der Waals surface area contributed by atoms with Gasteiger partial charge in [0, 0.05) is 13.0 Å². The first-order valence-electron chi connectivity index (χ1n) is 6.75. The molecular weight excluding hydrogens is 274 g/mol. The van der Waals surface area contributed by atoms with Gasteiger partial charge in [0.15, 0.2) is 11.5 Å². The molecule has 1 aliphatic rings. The second kappa shape index (κ2) is 5.82. The van der Waals surface area contributed by atoms with Gasteiger partial charge in [-0.05, 0) is 12.1 Å². The zero-order valence-electron chi connectivity index (χ0n) is 11.4. The number of carbonyl (C=O) groups is 2. The fourth-order valence-corrected chi connectivity index (χ4v) is 2.13. The van der Waals surface area contributed by atoms with E-state index >= 15 is 0 Å². The number of ether oxygens (including phenoxy) is 1. The maximum absolute atomic E-state index is 11.7. The molecule has 1 aromatic heterocycles. The number of amides is 2. The molecule has 110 valence electrons. The first-order valence-corrected chi connectivity index (χ1v) is 6.75. The highest BCUT2D eigenvalue weighted by Crippen LogP contribution is 2.14. The molecule has 0 bridgehead atoms. The number of benzene rings is 1. The fourth-order valence-electron chi connectivity index (χ4n) is 2.13. The Bertz CT molecular complexity index is 634. The second-order valence-electron chi connectivity index (χ2n) is 4.71. The number of para-hydroxylation sites is 2. The lowest BCUT2D eigenvalue weighted by Gasteiger charge is -2.11. The van der Waals surface area contributed by atoms with Gasteiger partial charge in [-0.2, -0.15) is 0 Å². The lowest BCUT2D eigenvalue weighted by Crippen LogP contribution is -2.38. The van der Waals surface area contributed by atoms with Crippen LogP contribution in [0.1, 0.15) is 5.89 Å². The van der Waals surface area contributed by atoms with Crippen molar-refractivity contribution >= 4 is 23.1 Å². The van der Waals surface area contributed by atoms with Crippen molar-refractivity contribution in [1.82, 2.24) is 15.2 Å². The quantitative estimate of drug-likeness (QED) is 0.885. The lowest BCUT2D eigenvalue weighted by molar-refractivity contribution is -0.121. The molecule has 2 aromatic rings. The molecule has 0 saturated carbocycles. The van der Waals surface area contributed by atoms with Crippen LogP contribution in [0.25, 0.3) is 11.1 Å². The standard InChI is InChI=1S/C14H15N3O4/c18-12(9-17-7-8-20-14(17)19)15-6-5-13-16-10-3-1-2-4-11(10)21-13/h1-4H,5-9H2,(H,15,18). The second-order valence-corrected chi connectivity index (χ2v) is 4.71. The van der Waals surface area contributed by atoms with Gasteiger partial charge in [0.1, 0.15) is 18.7 Å². The van der Waals surface area contributed by atoms with Gasteiger partial charge in [-0.15, -0.1) is 0 Å². The number of oxazole rings is 1. The Kier molecular flexibility index (Phi) is 3.72. The van der Waals surface area contributed by atoms with Crippen LogP contribution in [0.2, 0.25) is 0 Å². The van der Waals surface area contributed by atoms with E-state index in [2.05, 4.69) is 10.3 Å². The summed E-state index contributed by atoms with van der Waals surface area (Å²) in [5, 5.41) is 2.73. The van der Waals surface area contributed by atoms with E-state index in [4.69, 9.17) is 9.15 Å². The first kappa shape index (κ1) is 13.4. The van der Waals surface area contributed by atoms with E-state index in [-0.39, 0.29) is 12.5 Å².